The molecule has 0 radical (unpaired) electrons. The second-order valence-corrected chi connectivity index (χ2v) is 5.36. The molecule has 0 saturated carbocycles. The smallest absolute Gasteiger partial charge is 0.306 e. The Balaban J connectivity index is 3.85. The predicted octanol–water partition coefficient (Wildman–Crippen LogP) is 1.18. The van der Waals surface area contributed by atoms with Gasteiger partial charge < -0.3 is 15.0 Å². The van der Waals surface area contributed by atoms with Gasteiger partial charge in [-0.15, -0.1) is 0 Å². The van der Waals surface area contributed by atoms with E-state index in [1.54, 1.807) is 11.9 Å². The van der Waals surface area contributed by atoms with Gasteiger partial charge in [-0.3, -0.25) is 9.59 Å². The lowest BCUT2D eigenvalue weighted by atomic mass is 10.2. The first-order valence-electron chi connectivity index (χ1n) is 6.36. The molecule has 5 nitrogen and oxygen atoms in total. The van der Waals surface area contributed by atoms with Gasteiger partial charge in [0, 0.05) is 20.0 Å². The standard InChI is InChI=1S/C13H26N2O3/c1-13(2,3)18-12(17)8-7-11(16)15(5)10-6-9-14-4/h14H,6-10H2,1-5H3. The number of carbonyl (C=O) groups excluding carboxylic acids is 2. The topological polar surface area (TPSA) is 58.6 Å². The average molecular weight is 258 g/mol. The van der Waals surface area contributed by atoms with Crippen molar-refractivity contribution in [3.05, 3.63) is 0 Å². The number of nitrogens with zero attached hydrogens (tertiary/aromatic N) is 1. The summed E-state index contributed by atoms with van der Waals surface area (Å²) in [4.78, 5) is 24.8. The fraction of sp³-hybridized carbons (Fsp3) is 0.846. The molecule has 0 bridgehead atoms. The predicted molar refractivity (Wildman–Crippen MR) is 71.3 cm³/mol. The average Bonchev–Trinajstić information content (AvgIpc) is 2.23. The first kappa shape index (κ1) is 16.9. The monoisotopic (exact) mass is 258 g/mol. The van der Waals surface area contributed by atoms with Gasteiger partial charge in [-0.1, -0.05) is 0 Å². The molecule has 0 aliphatic heterocycles. The summed E-state index contributed by atoms with van der Waals surface area (Å²) >= 11 is 0. The van der Waals surface area contributed by atoms with E-state index in [-0.39, 0.29) is 24.7 Å². The second kappa shape index (κ2) is 8.08. The van der Waals surface area contributed by atoms with Crippen LogP contribution in [0.15, 0.2) is 0 Å². The Kier molecular flexibility index (Phi) is 7.59. The minimum atomic E-state index is -0.487. The Morgan fingerprint density at radius 3 is 2.33 bits per heavy atom. The van der Waals surface area contributed by atoms with E-state index in [0.717, 1.165) is 13.0 Å². The van der Waals surface area contributed by atoms with E-state index in [1.807, 2.05) is 27.8 Å². The largest absolute Gasteiger partial charge is 0.460 e. The summed E-state index contributed by atoms with van der Waals surface area (Å²) in [6.07, 6.45) is 1.27. The maximum Gasteiger partial charge on any atom is 0.306 e. The van der Waals surface area contributed by atoms with Crippen molar-refractivity contribution < 1.29 is 14.3 Å². The number of hydrogen-bond acceptors (Lipinski definition) is 4. The molecule has 0 fully saturated rings. The van der Waals surface area contributed by atoms with Crippen molar-refractivity contribution in [3.63, 3.8) is 0 Å². The van der Waals surface area contributed by atoms with Crippen molar-refractivity contribution in [1.29, 1.82) is 0 Å². The molecule has 0 saturated heterocycles. The van der Waals surface area contributed by atoms with E-state index < -0.39 is 5.60 Å². The van der Waals surface area contributed by atoms with Crippen LogP contribution in [0.1, 0.15) is 40.0 Å². The maximum atomic E-state index is 11.7. The van der Waals surface area contributed by atoms with E-state index in [0.29, 0.717) is 6.54 Å². The maximum absolute atomic E-state index is 11.7. The van der Waals surface area contributed by atoms with Crippen molar-refractivity contribution in [2.24, 2.45) is 0 Å². The quantitative estimate of drug-likeness (QED) is 0.550. The molecule has 0 aromatic heterocycles. The van der Waals surface area contributed by atoms with E-state index >= 15 is 0 Å². The highest BCUT2D eigenvalue weighted by molar-refractivity contribution is 5.81. The molecule has 106 valence electrons. The highest BCUT2D eigenvalue weighted by Crippen LogP contribution is 2.09. The summed E-state index contributed by atoms with van der Waals surface area (Å²) in [6.45, 7) is 7.03. The van der Waals surface area contributed by atoms with Crippen LogP contribution >= 0.6 is 0 Å². The molecular formula is C13H26N2O3. The van der Waals surface area contributed by atoms with Gasteiger partial charge in [0.05, 0.1) is 6.42 Å². The number of ether oxygens (including phenoxy) is 1. The van der Waals surface area contributed by atoms with Gasteiger partial charge in [-0.05, 0) is 40.8 Å². The SMILES string of the molecule is CNCCCN(C)C(=O)CCC(=O)OC(C)(C)C. The van der Waals surface area contributed by atoms with Crippen LogP contribution in [0.5, 0.6) is 0 Å². The number of rotatable bonds is 7. The lowest BCUT2D eigenvalue weighted by Gasteiger charge is -2.20. The first-order valence-corrected chi connectivity index (χ1v) is 6.36. The summed E-state index contributed by atoms with van der Waals surface area (Å²) in [5.74, 6) is -0.337. The molecule has 0 spiro atoms. The van der Waals surface area contributed by atoms with Crippen LogP contribution < -0.4 is 5.32 Å². The third kappa shape index (κ3) is 8.98. The number of esters is 1. The molecule has 0 aliphatic carbocycles. The zero-order chi connectivity index (χ0) is 14.2. The summed E-state index contributed by atoms with van der Waals surface area (Å²) in [6, 6.07) is 0. The highest BCUT2D eigenvalue weighted by Gasteiger charge is 2.18. The first-order chi connectivity index (χ1) is 8.26. The minimum absolute atomic E-state index is 0.0167. The molecule has 0 rings (SSSR count). The van der Waals surface area contributed by atoms with Gasteiger partial charge in [-0.2, -0.15) is 0 Å². The van der Waals surface area contributed by atoms with Gasteiger partial charge in [0.1, 0.15) is 5.60 Å². The van der Waals surface area contributed by atoms with Crippen molar-refractivity contribution in [3.8, 4) is 0 Å². The van der Waals surface area contributed by atoms with Crippen molar-refractivity contribution >= 4 is 11.9 Å². The van der Waals surface area contributed by atoms with Crippen molar-refractivity contribution in [2.45, 2.75) is 45.6 Å². The Labute approximate surface area is 110 Å². The third-order valence-corrected chi connectivity index (χ3v) is 2.31. The van der Waals surface area contributed by atoms with Gasteiger partial charge in [-0.25, -0.2) is 0 Å². The van der Waals surface area contributed by atoms with Crippen LogP contribution in [0.25, 0.3) is 0 Å². The molecule has 1 amide bonds. The fourth-order valence-corrected chi connectivity index (χ4v) is 1.41. The number of hydrogen-bond donors (Lipinski definition) is 1. The molecule has 5 heteroatoms. The fourth-order valence-electron chi connectivity index (χ4n) is 1.41. The summed E-state index contributed by atoms with van der Waals surface area (Å²) in [5, 5.41) is 3.03. The van der Waals surface area contributed by atoms with Gasteiger partial charge >= 0.3 is 5.97 Å². The Hall–Kier alpha value is -1.10. The molecule has 0 atom stereocenters. The van der Waals surface area contributed by atoms with Crippen molar-refractivity contribution in [2.75, 3.05) is 27.2 Å². The van der Waals surface area contributed by atoms with E-state index in [4.69, 9.17) is 4.74 Å². The zero-order valence-electron chi connectivity index (χ0n) is 12.2. The molecule has 0 aromatic rings. The normalized spacial score (nSPS) is 11.2. The lowest BCUT2D eigenvalue weighted by molar-refractivity contribution is -0.156. The van der Waals surface area contributed by atoms with Crippen LogP contribution in [0, 0.1) is 0 Å². The van der Waals surface area contributed by atoms with E-state index in [9.17, 15) is 9.59 Å². The van der Waals surface area contributed by atoms with Crippen LogP contribution in [-0.2, 0) is 14.3 Å². The third-order valence-electron chi connectivity index (χ3n) is 2.31. The molecule has 0 unspecified atom stereocenters. The molecule has 0 heterocycles. The Morgan fingerprint density at radius 1 is 1.22 bits per heavy atom. The minimum Gasteiger partial charge on any atom is -0.460 e. The number of carbonyl (C=O) groups is 2. The molecule has 18 heavy (non-hydrogen) atoms. The molecular weight excluding hydrogens is 232 g/mol. The van der Waals surface area contributed by atoms with Crippen molar-refractivity contribution in [1.82, 2.24) is 10.2 Å². The summed E-state index contributed by atoms with van der Waals surface area (Å²) in [7, 11) is 3.64. The molecule has 0 aromatic carbocycles. The van der Waals surface area contributed by atoms with Crippen LogP contribution in [-0.4, -0.2) is 49.6 Å². The Morgan fingerprint density at radius 2 is 1.83 bits per heavy atom. The number of amides is 1. The Bertz CT molecular complexity index is 272. The van der Waals surface area contributed by atoms with Crippen LogP contribution in [0.4, 0.5) is 0 Å². The van der Waals surface area contributed by atoms with E-state index in [1.165, 1.54) is 0 Å². The zero-order valence-corrected chi connectivity index (χ0v) is 12.2. The lowest BCUT2D eigenvalue weighted by Crippen LogP contribution is -2.30. The van der Waals surface area contributed by atoms with Crippen LogP contribution in [0.3, 0.4) is 0 Å². The summed E-state index contributed by atoms with van der Waals surface area (Å²) < 4.78 is 5.15. The second-order valence-electron chi connectivity index (χ2n) is 5.36. The van der Waals surface area contributed by atoms with E-state index in [2.05, 4.69) is 5.32 Å². The van der Waals surface area contributed by atoms with Gasteiger partial charge in [0.2, 0.25) is 5.91 Å². The molecule has 0 aliphatic rings. The van der Waals surface area contributed by atoms with Gasteiger partial charge in [0.25, 0.3) is 0 Å². The highest BCUT2D eigenvalue weighted by atomic mass is 16.6. The van der Waals surface area contributed by atoms with Gasteiger partial charge in [0.15, 0.2) is 0 Å². The molecule has 1 N–H and O–H groups in total. The summed E-state index contributed by atoms with van der Waals surface area (Å²) in [5.41, 5.74) is -0.487. The van der Waals surface area contributed by atoms with Crippen LogP contribution in [0.2, 0.25) is 0 Å². The number of nitrogens with one attached hydrogen (secondary N) is 1.